The number of rotatable bonds is 8. The predicted molar refractivity (Wildman–Crippen MR) is 121 cm³/mol. The summed E-state index contributed by atoms with van der Waals surface area (Å²) in [4.78, 5) is 38.4. The number of halogens is 2. The highest BCUT2D eigenvalue weighted by molar-refractivity contribution is 5.85. The third kappa shape index (κ3) is 5.26. The van der Waals surface area contributed by atoms with Gasteiger partial charge >= 0.3 is 18.0 Å². The van der Waals surface area contributed by atoms with Gasteiger partial charge in [0.25, 0.3) is 5.91 Å². The fourth-order valence-corrected chi connectivity index (χ4v) is 3.88. The van der Waals surface area contributed by atoms with Crippen molar-refractivity contribution in [2.24, 2.45) is 0 Å². The molecule has 2 aromatic carbocycles. The Kier molecular flexibility index (Phi) is 6.72. The first-order valence-corrected chi connectivity index (χ1v) is 10.7. The van der Waals surface area contributed by atoms with Gasteiger partial charge in [0.15, 0.2) is 0 Å². The average Bonchev–Trinajstić information content (AvgIpc) is 3.18. The molecular formula is C25H21F2N3O5. The number of aromatic nitrogens is 1. The molecule has 0 spiro atoms. The van der Waals surface area contributed by atoms with E-state index in [-0.39, 0.29) is 24.8 Å². The van der Waals surface area contributed by atoms with Crippen LogP contribution in [0, 0.1) is 0 Å². The van der Waals surface area contributed by atoms with E-state index in [1.165, 1.54) is 12.1 Å². The molecular weight excluding hydrogens is 460 g/mol. The summed E-state index contributed by atoms with van der Waals surface area (Å²) < 4.78 is 33.6. The molecule has 3 N–H and O–H groups in total. The Bertz CT molecular complexity index is 1220. The van der Waals surface area contributed by atoms with Gasteiger partial charge in [0.1, 0.15) is 12.3 Å². The Morgan fingerprint density at radius 3 is 2.14 bits per heavy atom. The molecule has 0 saturated heterocycles. The number of aromatic carboxylic acids is 1. The Morgan fingerprint density at radius 1 is 0.943 bits per heavy atom. The van der Waals surface area contributed by atoms with Crippen LogP contribution in [0.1, 0.15) is 33.1 Å². The third-order valence-electron chi connectivity index (χ3n) is 5.63. The molecule has 180 valence electrons. The second-order valence-electron chi connectivity index (χ2n) is 7.92. The monoisotopic (exact) mass is 481 g/mol. The SMILES string of the molecule is O=C(NCC(F)(F)C(=O)NCc1ccc(C(=O)O)nc1)OCC1c2ccccc2-c2ccccc21. The number of carbonyl (C=O) groups is 3. The quantitative estimate of drug-likeness (QED) is 0.453. The molecule has 1 aromatic heterocycles. The summed E-state index contributed by atoms with van der Waals surface area (Å²) in [6.45, 7) is -1.57. The van der Waals surface area contributed by atoms with E-state index in [0.717, 1.165) is 28.5 Å². The molecule has 35 heavy (non-hydrogen) atoms. The van der Waals surface area contributed by atoms with Crippen LogP contribution in [0.2, 0.25) is 0 Å². The van der Waals surface area contributed by atoms with Crippen molar-refractivity contribution in [1.29, 1.82) is 0 Å². The minimum absolute atomic E-state index is 0.0447. The van der Waals surface area contributed by atoms with Crippen LogP contribution in [0.25, 0.3) is 11.1 Å². The van der Waals surface area contributed by atoms with Gasteiger partial charge in [-0.1, -0.05) is 54.6 Å². The highest BCUT2D eigenvalue weighted by Gasteiger charge is 2.39. The summed E-state index contributed by atoms with van der Waals surface area (Å²) in [5.74, 6) is -6.94. The lowest BCUT2D eigenvalue weighted by atomic mass is 9.98. The number of benzene rings is 2. The zero-order chi connectivity index (χ0) is 25.0. The normalized spacial score (nSPS) is 12.4. The van der Waals surface area contributed by atoms with Crippen LogP contribution in [-0.2, 0) is 16.1 Å². The number of hydrogen-bond donors (Lipinski definition) is 3. The van der Waals surface area contributed by atoms with Crippen molar-refractivity contribution >= 4 is 18.0 Å². The van der Waals surface area contributed by atoms with Crippen LogP contribution in [-0.4, -0.2) is 47.1 Å². The van der Waals surface area contributed by atoms with Crippen LogP contribution in [0.3, 0.4) is 0 Å². The summed E-state index contributed by atoms with van der Waals surface area (Å²) in [5.41, 5.74) is 4.16. The molecule has 8 nitrogen and oxygen atoms in total. The maximum atomic E-state index is 14.2. The summed E-state index contributed by atoms with van der Waals surface area (Å²) >= 11 is 0. The van der Waals surface area contributed by atoms with E-state index < -0.39 is 30.4 Å². The molecule has 0 aliphatic heterocycles. The van der Waals surface area contributed by atoms with Gasteiger partial charge in [0.05, 0.1) is 6.54 Å². The number of pyridine rings is 1. The first kappa shape index (κ1) is 23.8. The van der Waals surface area contributed by atoms with E-state index in [1.54, 1.807) is 0 Å². The van der Waals surface area contributed by atoms with E-state index in [0.29, 0.717) is 5.56 Å². The number of ether oxygens (including phenoxy) is 1. The molecule has 0 atom stereocenters. The van der Waals surface area contributed by atoms with Crippen molar-refractivity contribution in [1.82, 2.24) is 15.6 Å². The van der Waals surface area contributed by atoms with Crippen molar-refractivity contribution in [3.63, 3.8) is 0 Å². The van der Waals surface area contributed by atoms with E-state index in [4.69, 9.17) is 9.84 Å². The minimum atomic E-state index is -3.89. The largest absolute Gasteiger partial charge is 0.477 e. The van der Waals surface area contributed by atoms with Gasteiger partial charge in [-0.05, 0) is 33.9 Å². The van der Waals surface area contributed by atoms with Gasteiger partial charge in [-0.15, -0.1) is 0 Å². The zero-order valence-electron chi connectivity index (χ0n) is 18.3. The summed E-state index contributed by atoms with van der Waals surface area (Å²) in [6.07, 6.45) is 0.101. The molecule has 2 amide bonds. The van der Waals surface area contributed by atoms with Crippen LogP contribution in [0.5, 0.6) is 0 Å². The molecule has 4 rings (SSSR count). The van der Waals surface area contributed by atoms with E-state index in [9.17, 15) is 23.2 Å². The van der Waals surface area contributed by atoms with Gasteiger partial charge in [0, 0.05) is 18.7 Å². The Hall–Kier alpha value is -4.34. The molecule has 1 heterocycles. The molecule has 0 unspecified atom stereocenters. The standard InChI is InChI=1S/C25H21F2N3O5/c26-25(27,23(33)29-12-15-9-10-21(22(31)32)28-11-15)14-30-24(34)35-13-20-18-7-3-1-5-16(18)17-6-2-4-8-19(17)20/h1-11,20H,12-14H2,(H,29,33)(H,30,34)(H,31,32). The number of alkyl halides is 2. The second-order valence-corrected chi connectivity index (χ2v) is 7.92. The smallest absolute Gasteiger partial charge is 0.407 e. The minimum Gasteiger partial charge on any atom is -0.477 e. The van der Waals surface area contributed by atoms with Crippen molar-refractivity contribution in [3.8, 4) is 11.1 Å². The van der Waals surface area contributed by atoms with Gasteiger partial charge in [-0.3, -0.25) is 4.79 Å². The van der Waals surface area contributed by atoms with Crippen molar-refractivity contribution in [3.05, 3.63) is 89.2 Å². The Balaban J connectivity index is 1.28. The summed E-state index contributed by atoms with van der Waals surface area (Å²) in [5, 5.41) is 12.8. The lowest BCUT2D eigenvalue weighted by Gasteiger charge is -2.18. The topological polar surface area (TPSA) is 118 Å². The van der Waals surface area contributed by atoms with Gasteiger partial charge < -0.3 is 20.5 Å². The number of alkyl carbamates (subject to hydrolysis) is 1. The second kappa shape index (κ2) is 9.88. The van der Waals surface area contributed by atoms with Crippen molar-refractivity contribution in [2.45, 2.75) is 18.4 Å². The third-order valence-corrected chi connectivity index (χ3v) is 5.63. The fraction of sp³-hybridized carbons (Fsp3) is 0.200. The first-order chi connectivity index (χ1) is 16.8. The van der Waals surface area contributed by atoms with Crippen LogP contribution in [0.4, 0.5) is 13.6 Å². The van der Waals surface area contributed by atoms with Gasteiger partial charge in [0.2, 0.25) is 0 Å². The van der Waals surface area contributed by atoms with E-state index in [2.05, 4.69) is 4.98 Å². The number of fused-ring (bicyclic) bond motifs is 3. The Labute approximate surface area is 199 Å². The Morgan fingerprint density at radius 2 is 1.57 bits per heavy atom. The molecule has 1 aliphatic carbocycles. The van der Waals surface area contributed by atoms with Gasteiger partial charge in [-0.2, -0.15) is 8.78 Å². The van der Waals surface area contributed by atoms with Gasteiger partial charge in [-0.25, -0.2) is 14.6 Å². The van der Waals surface area contributed by atoms with Crippen LogP contribution in [0.15, 0.2) is 66.9 Å². The highest BCUT2D eigenvalue weighted by Crippen LogP contribution is 2.44. The molecule has 1 aliphatic rings. The number of nitrogens with one attached hydrogen (secondary N) is 2. The van der Waals surface area contributed by atoms with E-state index in [1.807, 2.05) is 59.2 Å². The molecule has 10 heteroatoms. The highest BCUT2D eigenvalue weighted by atomic mass is 19.3. The number of carboxylic acid groups (broad SMARTS) is 1. The fourth-order valence-electron chi connectivity index (χ4n) is 3.88. The number of amides is 2. The lowest BCUT2D eigenvalue weighted by molar-refractivity contribution is -0.144. The lowest BCUT2D eigenvalue weighted by Crippen LogP contribution is -2.48. The summed E-state index contributed by atoms with van der Waals surface area (Å²) in [7, 11) is 0. The molecule has 0 fully saturated rings. The molecule has 3 aromatic rings. The van der Waals surface area contributed by atoms with Crippen LogP contribution < -0.4 is 10.6 Å². The van der Waals surface area contributed by atoms with Crippen LogP contribution >= 0.6 is 0 Å². The maximum Gasteiger partial charge on any atom is 0.407 e. The number of carboxylic acids is 1. The zero-order valence-corrected chi connectivity index (χ0v) is 18.3. The number of nitrogens with zero attached hydrogens (tertiary/aromatic N) is 1. The van der Waals surface area contributed by atoms with E-state index >= 15 is 0 Å². The van der Waals surface area contributed by atoms with Crippen molar-refractivity contribution < 1.29 is 33.0 Å². The molecule has 0 saturated carbocycles. The maximum absolute atomic E-state index is 14.2. The summed E-state index contributed by atoms with van der Waals surface area (Å²) in [6, 6.07) is 18.0. The molecule has 0 radical (unpaired) electrons. The number of carbonyl (C=O) groups excluding carboxylic acids is 2. The predicted octanol–water partition coefficient (Wildman–Crippen LogP) is 3.57. The van der Waals surface area contributed by atoms with Crippen molar-refractivity contribution in [2.75, 3.05) is 13.2 Å². The molecule has 0 bridgehead atoms. The average molecular weight is 481 g/mol. The number of hydrogen-bond acceptors (Lipinski definition) is 5. The first-order valence-electron chi connectivity index (χ1n) is 10.7.